The lowest BCUT2D eigenvalue weighted by atomic mass is 9.95. The third-order valence-corrected chi connectivity index (χ3v) is 6.71. The summed E-state index contributed by atoms with van der Waals surface area (Å²) in [7, 11) is 0. The summed E-state index contributed by atoms with van der Waals surface area (Å²) >= 11 is 7.81. The lowest BCUT2D eigenvalue weighted by molar-refractivity contribution is -0.139. The largest absolute Gasteiger partial charge is 0.494 e. The molecule has 0 amide bonds. The van der Waals surface area contributed by atoms with Gasteiger partial charge in [0.15, 0.2) is 0 Å². The van der Waals surface area contributed by atoms with Crippen molar-refractivity contribution in [1.29, 1.82) is 0 Å². The zero-order valence-corrected chi connectivity index (χ0v) is 21.7. The fraction of sp³-hybridized carbons (Fsp3) is 0.346. The normalized spacial score (nSPS) is 14.9. The Balaban J connectivity index is 1.69. The minimum Gasteiger partial charge on any atom is -0.494 e. The number of hydrogen-bond donors (Lipinski definition) is 1. The van der Waals surface area contributed by atoms with Crippen molar-refractivity contribution in [1.82, 2.24) is 14.8 Å². The Labute approximate surface area is 214 Å². The maximum Gasteiger partial charge on any atom is 0.338 e. The number of nitrogens with one attached hydrogen (secondary N) is 1. The third-order valence-electron chi connectivity index (χ3n) is 5.45. The molecule has 0 saturated heterocycles. The number of rotatable bonds is 10. The number of hydrogen-bond acceptors (Lipinski definition) is 7. The molecule has 0 bridgehead atoms. The predicted molar refractivity (Wildman–Crippen MR) is 139 cm³/mol. The van der Waals surface area contributed by atoms with E-state index in [0.717, 1.165) is 29.7 Å². The van der Waals surface area contributed by atoms with Crippen LogP contribution < -0.4 is 10.1 Å². The predicted octanol–water partition coefficient (Wildman–Crippen LogP) is 6.25. The monoisotopic (exact) mass is 512 g/mol. The van der Waals surface area contributed by atoms with Crippen LogP contribution in [0.1, 0.15) is 50.8 Å². The van der Waals surface area contributed by atoms with Crippen molar-refractivity contribution >= 4 is 35.3 Å². The van der Waals surface area contributed by atoms with E-state index in [9.17, 15) is 4.79 Å². The fourth-order valence-corrected chi connectivity index (χ4v) is 4.90. The summed E-state index contributed by atoms with van der Waals surface area (Å²) in [6.45, 7) is 6.87. The van der Waals surface area contributed by atoms with Crippen LogP contribution in [0.25, 0.3) is 0 Å². The van der Waals surface area contributed by atoms with Gasteiger partial charge in [-0.1, -0.05) is 67.5 Å². The minimum absolute atomic E-state index is 0.352. The number of nitrogens with zero attached hydrogens (tertiary/aromatic N) is 3. The zero-order chi connectivity index (χ0) is 24.8. The second-order valence-electron chi connectivity index (χ2n) is 8.17. The zero-order valence-electron chi connectivity index (χ0n) is 20.1. The summed E-state index contributed by atoms with van der Waals surface area (Å²) in [5, 5.41) is 9.32. The van der Waals surface area contributed by atoms with Crippen molar-refractivity contribution in [3.05, 3.63) is 76.0 Å². The number of aromatic nitrogens is 3. The molecule has 4 rings (SSSR count). The Hall–Kier alpha value is -2.97. The average molecular weight is 513 g/mol. The molecular weight excluding hydrogens is 484 g/mol. The lowest BCUT2D eigenvalue weighted by Crippen LogP contribution is -2.29. The molecule has 0 fully saturated rings. The van der Waals surface area contributed by atoms with Gasteiger partial charge in [0, 0.05) is 16.5 Å². The summed E-state index contributed by atoms with van der Waals surface area (Å²) in [5.74, 6) is 1.58. The highest BCUT2D eigenvalue weighted by atomic mass is 35.5. The molecule has 0 radical (unpaired) electrons. The molecule has 184 valence electrons. The van der Waals surface area contributed by atoms with Crippen LogP contribution >= 0.6 is 23.4 Å². The fourth-order valence-electron chi connectivity index (χ4n) is 3.79. The smallest absolute Gasteiger partial charge is 0.338 e. The molecule has 2 heterocycles. The molecule has 1 N–H and O–H groups in total. The minimum atomic E-state index is -0.497. The highest BCUT2D eigenvalue weighted by Gasteiger charge is 2.35. The first-order valence-corrected chi connectivity index (χ1v) is 13.1. The van der Waals surface area contributed by atoms with E-state index in [4.69, 9.17) is 31.2 Å². The molecule has 2 aromatic carbocycles. The molecule has 0 saturated carbocycles. The van der Waals surface area contributed by atoms with Gasteiger partial charge in [0.1, 0.15) is 11.8 Å². The van der Waals surface area contributed by atoms with Crippen molar-refractivity contribution in [3.63, 3.8) is 0 Å². The molecule has 1 unspecified atom stereocenters. The van der Waals surface area contributed by atoms with Crippen LogP contribution in [-0.4, -0.2) is 33.9 Å². The van der Waals surface area contributed by atoms with Crippen molar-refractivity contribution in [2.45, 2.75) is 50.6 Å². The Morgan fingerprint density at radius 3 is 2.71 bits per heavy atom. The number of thioether (sulfide) groups is 1. The summed E-state index contributed by atoms with van der Waals surface area (Å²) in [6.07, 6.45) is 1.65. The molecule has 7 nitrogen and oxygen atoms in total. The van der Waals surface area contributed by atoms with Gasteiger partial charge in [-0.25, -0.2) is 9.48 Å². The van der Waals surface area contributed by atoms with Gasteiger partial charge in [-0.05, 0) is 49.1 Å². The number of ether oxygens (including phenoxy) is 2. The van der Waals surface area contributed by atoms with E-state index in [1.165, 1.54) is 11.8 Å². The van der Waals surface area contributed by atoms with Crippen LogP contribution in [0, 0.1) is 0 Å². The molecule has 1 aromatic heterocycles. The van der Waals surface area contributed by atoms with E-state index in [1.54, 1.807) is 4.68 Å². The van der Waals surface area contributed by atoms with Gasteiger partial charge >= 0.3 is 5.97 Å². The molecule has 3 aromatic rings. The van der Waals surface area contributed by atoms with Gasteiger partial charge in [-0.3, -0.25) is 0 Å². The standard InChI is InChI=1S/C26H29ClN4O3S/c1-4-13-33-20-11-8-10-18(15-20)23-22(24(32)34-14-5-2)17(3)28-25-29-26(30-31(23)25)35-16-19-9-6-7-12-21(19)27/h6-12,15,23H,4-5,13-14,16H2,1-3H3,(H,28,29,30). The maximum atomic E-state index is 13.1. The first kappa shape index (κ1) is 25.1. The summed E-state index contributed by atoms with van der Waals surface area (Å²) in [6, 6.07) is 15.0. The lowest BCUT2D eigenvalue weighted by Gasteiger charge is -2.28. The number of anilines is 1. The highest BCUT2D eigenvalue weighted by molar-refractivity contribution is 7.98. The van der Waals surface area contributed by atoms with E-state index >= 15 is 0 Å². The quantitative estimate of drug-likeness (QED) is 0.254. The van der Waals surface area contributed by atoms with Crippen LogP contribution in [0.2, 0.25) is 5.02 Å². The number of carbonyl (C=O) groups is 1. The Morgan fingerprint density at radius 1 is 1.14 bits per heavy atom. The van der Waals surface area contributed by atoms with E-state index in [-0.39, 0.29) is 5.97 Å². The van der Waals surface area contributed by atoms with Crippen LogP contribution in [0.5, 0.6) is 5.75 Å². The molecule has 0 spiro atoms. The SMILES string of the molecule is CCCOC(=O)C1=C(C)Nc2nc(SCc3ccccc3Cl)nn2C1c1cccc(OCCC)c1. The first-order valence-electron chi connectivity index (χ1n) is 11.7. The Bertz CT molecular complexity index is 1230. The average Bonchev–Trinajstić information content (AvgIpc) is 3.27. The van der Waals surface area contributed by atoms with Crippen molar-refractivity contribution in [2.24, 2.45) is 0 Å². The summed E-state index contributed by atoms with van der Waals surface area (Å²) < 4.78 is 13.1. The van der Waals surface area contributed by atoms with Gasteiger partial charge in [0.05, 0.1) is 18.8 Å². The molecule has 1 atom stereocenters. The Kier molecular flexibility index (Phi) is 8.36. The number of fused-ring (bicyclic) bond motifs is 1. The summed E-state index contributed by atoms with van der Waals surface area (Å²) in [5.41, 5.74) is 3.08. The van der Waals surface area contributed by atoms with Gasteiger partial charge < -0.3 is 14.8 Å². The number of benzene rings is 2. The van der Waals surface area contributed by atoms with Crippen LogP contribution in [0.3, 0.4) is 0 Å². The van der Waals surface area contributed by atoms with Crippen LogP contribution in [-0.2, 0) is 15.3 Å². The van der Waals surface area contributed by atoms with Crippen molar-refractivity contribution < 1.29 is 14.3 Å². The van der Waals surface area contributed by atoms with Crippen molar-refractivity contribution in [3.8, 4) is 5.75 Å². The van der Waals surface area contributed by atoms with Gasteiger partial charge in [-0.2, -0.15) is 4.98 Å². The summed E-state index contributed by atoms with van der Waals surface area (Å²) in [4.78, 5) is 17.8. The highest BCUT2D eigenvalue weighted by Crippen LogP contribution is 2.38. The van der Waals surface area contributed by atoms with E-state index < -0.39 is 6.04 Å². The Morgan fingerprint density at radius 2 is 1.94 bits per heavy atom. The topological polar surface area (TPSA) is 78.3 Å². The van der Waals surface area contributed by atoms with Gasteiger partial charge in [0.25, 0.3) is 0 Å². The second kappa shape index (κ2) is 11.6. The molecule has 9 heteroatoms. The number of halogens is 1. The molecule has 35 heavy (non-hydrogen) atoms. The number of allylic oxidation sites excluding steroid dienone is 1. The van der Waals surface area contributed by atoms with Gasteiger partial charge in [0.2, 0.25) is 11.1 Å². The van der Waals surface area contributed by atoms with E-state index in [1.807, 2.05) is 62.4 Å². The van der Waals surface area contributed by atoms with Crippen LogP contribution in [0.4, 0.5) is 5.95 Å². The van der Waals surface area contributed by atoms with E-state index in [2.05, 4.69) is 12.2 Å². The second-order valence-corrected chi connectivity index (χ2v) is 9.52. The third kappa shape index (κ3) is 5.82. The molecule has 1 aliphatic rings. The number of esters is 1. The van der Waals surface area contributed by atoms with E-state index in [0.29, 0.717) is 46.4 Å². The number of carbonyl (C=O) groups excluding carboxylic acids is 1. The van der Waals surface area contributed by atoms with Crippen LogP contribution in [0.15, 0.2) is 65.0 Å². The molecule has 0 aliphatic carbocycles. The first-order chi connectivity index (χ1) is 17.0. The maximum absolute atomic E-state index is 13.1. The van der Waals surface area contributed by atoms with Crippen molar-refractivity contribution in [2.75, 3.05) is 18.5 Å². The van der Waals surface area contributed by atoms with Gasteiger partial charge in [-0.15, -0.1) is 5.10 Å². The molecular formula is C26H29ClN4O3S. The molecule has 1 aliphatic heterocycles.